The Bertz CT molecular complexity index is 577. The van der Waals surface area contributed by atoms with Gasteiger partial charge in [0.05, 0.1) is 11.7 Å². The average molecular weight is 318 g/mol. The van der Waals surface area contributed by atoms with Gasteiger partial charge in [-0.15, -0.1) is 0 Å². The summed E-state index contributed by atoms with van der Waals surface area (Å²) in [6.07, 6.45) is 7.69. The lowest BCUT2D eigenvalue weighted by atomic mass is 9.45. The Balaban J connectivity index is 1.75. The molecule has 4 aliphatic carbocycles. The lowest BCUT2D eigenvalue weighted by molar-refractivity contribution is -0.166. The van der Waals surface area contributed by atoms with E-state index < -0.39 is 5.60 Å². The number of hydrogen-bond acceptors (Lipinski definition) is 3. The lowest BCUT2D eigenvalue weighted by Crippen LogP contribution is -2.59. The van der Waals surface area contributed by atoms with Gasteiger partial charge in [0.2, 0.25) is 0 Å². The van der Waals surface area contributed by atoms with Crippen LogP contribution in [0.3, 0.4) is 0 Å². The van der Waals surface area contributed by atoms with Crippen LogP contribution in [0, 0.1) is 28.6 Å². The average Bonchev–Trinajstić information content (AvgIpc) is 2.69. The molecule has 3 fully saturated rings. The molecule has 3 saturated carbocycles. The first-order chi connectivity index (χ1) is 10.7. The largest absolute Gasteiger partial charge is 0.393 e. The molecule has 4 unspecified atom stereocenters. The maximum atomic E-state index is 11.8. The van der Waals surface area contributed by atoms with Crippen LogP contribution in [0.1, 0.15) is 65.7 Å². The number of allylic oxidation sites excluding steroid dienone is 1. The van der Waals surface area contributed by atoms with Gasteiger partial charge in [-0.3, -0.25) is 4.79 Å². The summed E-state index contributed by atoms with van der Waals surface area (Å²) >= 11 is 0. The summed E-state index contributed by atoms with van der Waals surface area (Å²) in [7, 11) is 0. The molecule has 0 aromatic heterocycles. The van der Waals surface area contributed by atoms with Gasteiger partial charge in [-0.05, 0) is 74.7 Å². The van der Waals surface area contributed by atoms with Crippen molar-refractivity contribution in [1.82, 2.24) is 0 Å². The van der Waals surface area contributed by atoms with Gasteiger partial charge < -0.3 is 10.2 Å². The van der Waals surface area contributed by atoms with Gasteiger partial charge in [0.15, 0.2) is 5.78 Å². The van der Waals surface area contributed by atoms with Crippen LogP contribution in [0.5, 0.6) is 0 Å². The smallest absolute Gasteiger partial charge is 0.155 e. The minimum Gasteiger partial charge on any atom is -0.393 e. The van der Waals surface area contributed by atoms with Crippen molar-refractivity contribution in [3.05, 3.63) is 11.6 Å². The highest BCUT2D eigenvalue weighted by molar-refractivity contribution is 5.91. The highest BCUT2D eigenvalue weighted by Crippen LogP contribution is 2.67. The van der Waals surface area contributed by atoms with E-state index in [9.17, 15) is 15.0 Å². The molecule has 0 heterocycles. The molecule has 7 atom stereocenters. The molecule has 4 rings (SSSR count). The van der Waals surface area contributed by atoms with Crippen molar-refractivity contribution in [1.29, 1.82) is 0 Å². The van der Waals surface area contributed by atoms with Gasteiger partial charge in [-0.2, -0.15) is 0 Å². The molecule has 23 heavy (non-hydrogen) atoms. The number of hydrogen-bond donors (Lipinski definition) is 2. The zero-order valence-electron chi connectivity index (χ0n) is 14.6. The van der Waals surface area contributed by atoms with Crippen LogP contribution in [0.4, 0.5) is 0 Å². The minimum absolute atomic E-state index is 0.0218. The molecule has 0 aliphatic heterocycles. The van der Waals surface area contributed by atoms with Gasteiger partial charge in [-0.25, -0.2) is 0 Å². The van der Waals surface area contributed by atoms with Crippen molar-refractivity contribution in [3.63, 3.8) is 0 Å². The fourth-order valence-corrected chi connectivity index (χ4v) is 6.91. The zero-order valence-corrected chi connectivity index (χ0v) is 14.6. The Morgan fingerprint density at radius 1 is 1.13 bits per heavy atom. The summed E-state index contributed by atoms with van der Waals surface area (Å²) in [5.41, 5.74) is 0.424. The van der Waals surface area contributed by atoms with Crippen molar-refractivity contribution in [2.75, 3.05) is 0 Å². The quantitative estimate of drug-likeness (QED) is 0.721. The van der Waals surface area contributed by atoms with E-state index in [4.69, 9.17) is 0 Å². The van der Waals surface area contributed by atoms with Crippen LogP contribution in [0.15, 0.2) is 11.6 Å². The summed E-state index contributed by atoms with van der Waals surface area (Å²) in [6, 6.07) is 0. The maximum absolute atomic E-state index is 11.8. The van der Waals surface area contributed by atoms with Crippen LogP contribution in [0.25, 0.3) is 0 Å². The Hall–Kier alpha value is -0.670. The van der Waals surface area contributed by atoms with Crippen molar-refractivity contribution >= 4 is 5.78 Å². The first-order valence-corrected chi connectivity index (χ1v) is 9.33. The van der Waals surface area contributed by atoms with Crippen LogP contribution >= 0.6 is 0 Å². The molecule has 0 aromatic carbocycles. The highest BCUT2D eigenvalue weighted by atomic mass is 16.3. The van der Waals surface area contributed by atoms with Crippen LogP contribution in [-0.4, -0.2) is 27.7 Å². The van der Waals surface area contributed by atoms with E-state index in [1.54, 1.807) is 0 Å². The number of carbonyl (C=O) groups is 1. The molecule has 4 aliphatic rings. The molecule has 0 aromatic rings. The fraction of sp³-hybridized carbons (Fsp3) is 0.850. The van der Waals surface area contributed by atoms with Crippen molar-refractivity contribution in [2.45, 2.75) is 77.4 Å². The van der Waals surface area contributed by atoms with Gasteiger partial charge >= 0.3 is 0 Å². The summed E-state index contributed by atoms with van der Waals surface area (Å²) in [5, 5.41) is 22.0. The van der Waals surface area contributed by atoms with Gasteiger partial charge in [0.25, 0.3) is 0 Å². The molecular formula is C20H30O3. The van der Waals surface area contributed by atoms with E-state index in [1.165, 1.54) is 5.57 Å². The van der Waals surface area contributed by atoms with E-state index in [0.29, 0.717) is 24.7 Å². The summed E-state index contributed by atoms with van der Waals surface area (Å²) in [6.45, 7) is 6.44. The van der Waals surface area contributed by atoms with E-state index in [0.717, 1.165) is 32.1 Å². The third kappa shape index (κ3) is 1.93. The van der Waals surface area contributed by atoms with Crippen molar-refractivity contribution in [3.8, 4) is 0 Å². The maximum Gasteiger partial charge on any atom is 0.155 e. The van der Waals surface area contributed by atoms with E-state index in [-0.39, 0.29) is 28.6 Å². The molecule has 0 bridgehead atoms. The number of ketones is 1. The highest BCUT2D eigenvalue weighted by Gasteiger charge is 2.64. The number of rotatable bonds is 0. The van der Waals surface area contributed by atoms with Gasteiger partial charge in [0, 0.05) is 11.8 Å². The predicted molar refractivity (Wildman–Crippen MR) is 88.7 cm³/mol. The van der Waals surface area contributed by atoms with E-state index >= 15 is 0 Å². The lowest BCUT2D eigenvalue weighted by Gasteiger charge is -2.60. The number of fused-ring (bicyclic) bond motifs is 5. The van der Waals surface area contributed by atoms with Gasteiger partial charge in [-0.1, -0.05) is 19.4 Å². The number of aliphatic hydroxyl groups is 2. The third-order valence-electron chi connectivity index (χ3n) is 8.46. The Labute approximate surface area is 139 Å². The topological polar surface area (TPSA) is 57.5 Å². The SMILES string of the molecule is C[C@]12CCC(=O)C=C1CCC1C2C(O)C[C@@]2(C)C1CC[C@]2(C)O. The van der Waals surface area contributed by atoms with Crippen molar-refractivity contribution < 1.29 is 15.0 Å². The molecule has 128 valence electrons. The molecule has 3 nitrogen and oxygen atoms in total. The first-order valence-electron chi connectivity index (χ1n) is 9.33. The standard InChI is InChI=1S/C20H30O3/c1-18-8-6-13(21)10-12(18)4-5-14-15-7-9-20(3,23)19(15,2)11-16(22)17(14)18/h10,14-17,22-23H,4-9,11H2,1-3H3/t14?,15?,16?,17?,18-,19-,20-/m0/s1. The van der Waals surface area contributed by atoms with Crippen LogP contribution in [0.2, 0.25) is 0 Å². The molecule has 0 amide bonds. The molecule has 0 radical (unpaired) electrons. The summed E-state index contributed by atoms with van der Waals surface area (Å²) in [5.74, 6) is 1.49. The Kier molecular flexibility index (Phi) is 3.23. The fourth-order valence-electron chi connectivity index (χ4n) is 6.91. The second-order valence-electron chi connectivity index (χ2n) is 9.39. The Morgan fingerprint density at radius 2 is 1.87 bits per heavy atom. The first kappa shape index (κ1) is 15.8. The molecule has 3 heteroatoms. The molecular weight excluding hydrogens is 288 g/mol. The normalized spacial score (nSPS) is 55.7. The molecule has 0 spiro atoms. The second-order valence-corrected chi connectivity index (χ2v) is 9.39. The Morgan fingerprint density at radius 3 is 2.61 bits per heavy atom. The zero-order chi connectivity index (χ0) is 16.6. The predicted octanol–water partition coefficient (Wildman–Crippen LogP) is 3.24. The third-order valence-corrected chi connectivity index (χ3v) is 8.46. The minimum atomic E-state index is -0.664. The van der Waals surface area contributed by atoms with Crippen molar-refractivity contribution in [2.24, 2.45) is 28.6 Å². The van der Waals surface area contributed by atoms with E-state index in [2.05, 4.69) is 13.8 Å². The number of aliphatic hydroxyl groups excluding tert-OH is 1. The van der Waals surface area contributed by atoms with Gasteiger partial charge in [0.1, 0.15) is 0 Å². The monoisotopic (exact) mass is 318 g/mol. The summed E-state index contributed by atoms with van der Waals surface area (Å²) < 4.78 is 0. The molecule has 0 saturated heterocycles. The van der Waals surface area contributed by atoms with Crippen LogP contribution in [-0.2, 0) is 4.79 Å². The van der Waals surface area contributed by atoms with E-state index in [1.807, 2.05) is 13.0 Å². The second kappa shape index (κ2) is 4.70. The molecule has 2 N–H and O–H groups in total. The van der Waals surface area contributed by atoms with Crippen LogP contribution < -0.4 is 0 Å². The number of carbonyl (C=O) groups excluding carboxylic acids is 1. The summed E-state index contributed by atoms with van der Waals surface area (Å²) in [4.78, 5) is 11.8.